The zero-order chi connectivity index (χ0) is 15.5. The SMILES string of the molecule is CCOCCCOc1c(CC(N)CC)cccc1OCC. The van der Waals surface area contributed by atoms with Gasteiger partial charge in [-0.3, -0.25) is 0 Å². The Balaban J connectivity index is 2.74. The Morgan fingerprint density at radius 1 is 1.05 bits per heavy atom. The van der Waals surface area contributed by atoms with Gasteiger partial charge >= 0.3 is 0 Å². The average molecular weight is 295 g/mol. The first kappa shape index (κ1) is 17.8. The van der Waals surface area contributed by atoms with E-state index in [4.69, 9.17) is 19.9 Å². The van der Waals surface area contributed by atoms with Crippen LogP contribution in [0, 0.1) is 0 Å². The minimum atomic E-state index is 0.146. The Hall–Kier alpha value is -1.26. The van der Waals surface area contributed by atoms with Gasteiger partial charge in [-0.15, -0.1) is 0 Å². The van der Waals surface area contributed by atoms with Gasteiger partial charge in [-0.05, 0) is 38.3 Å². The number of benzene rings is 1. The third-order valence-electron chi connectivity index (χ3n) is 3.25. The maximum atomic E-state index is 6.08. The van der Waals surface area contributed by atoms with Crippen molar-refractivity contribution in [1.82, 2.24) is 0 Å². The minimum Gasteiger partial charge on any atom is -0.490 e. The molecule has 0 amide bonds. The fraction of sp³-hybridized carbons (Fsp3) is 0.647. The smallest absolute Gasteiger partial charge is 0.164 e. The van der Waals surface area contributed by atoms with Gasteiger partial charge in [-0.25, -0.2) is 0 Å². The Morgan fingerprint density at radius 3 is 2.52 bits per heavy atom. The van der Waals surface area contributed by atoms with Crippen LogP contribution >= 0.6 is 0 Å². The molecule has 1 aromatic rings. The second kappa shape index (κ2) is 10.5. The molecule has 120 valence electrons. The summed E-state index contributed by atoms with van der Waals surface area (Å²) < 4.78 is 17.0. The van der Waals surface area contributed by atoms with Crippen LogP contribution < -0.4 is 15.2 Å². The summed E-state index contributed by atoms with van der Waals surface area (Å²) in [7, 11) is 0. The molecule has 4 nitrogen and oxygen atoms in total. The normalized spacial score (nSPS) is 12.2. The quantitative estimate of drug-likeness (QED) is 0.637. The van der Waals surface area contributed by atoms with Gasteiger partial charge in [0, 0.05) is 25.7 Å². The summed E-state index contributed by atoms with van der Waals surface area (Å²) in [5.41, 5.74) is 7.19. The van der Waals surface area contributed by atoms with E-state index in [9.17, 15) is 0 Å². The maximum Gasteiger partial charge on any atom is 0.164 e. The van der Waals surface area contributed by atoms with Crippen LogP contribution in [0.3, 0.4) is 0 Å². The van der Waals surface area contributed by atoms with Crippen LogP contribution in [0.5, 0.6) is 11.5 Å². The van der Waals surface area contributed by atoms with Crippen LogP contribution in [0.1, 0.15) is 39.2 Å². The lowest BCUT2D eigenvalue weighted by molar-refractivity contribution is 0.129. The van der Waals surface area contributed by atoms with E-state index in [1.165, 1.54) is 0 Å². The lowest BCUT2D eigenvalue weighted by atomic mass is 10.0. The number of hydrogen-bond acceptors (Lipinski definition) is 4. The first-order valence-corrected chi connectivity index (χ1v) is 7.93. The second-order valence-corrected chi connectivity index (χ2v) is 4.95. The van der Waals surface area contributed by atoms with Crippen molar-refractivity contribution in [2.75, 3.05) is 26.4 Å². The Labute approximate surface area is 128 Å². The summed E-state index contributed by atoms with van der Waals surface area (Å²) in [6, 6.07) is 6.15. The standard InChI is InChI=1S/C17H29NO3/c1-4-15(18)13-14-9-7-10-16(20-6-3)17(14)21-12-8-11-19-5-2/h7,9-10,15H,4-6,8,11-13,18H2,1-3H3. The highest BCUT2D eigenvalue weighted by atomic mass is 16.5. The molecule has 0 heterocycles. The minimum absolute atomic E-state index is 0.146. The van der Waals surface area contributed by atoms with Crippen molar-refractivity contribution in [2.45, 2.75) is 46.1 Å². The van der Waals surface area contributed by atoms with E-state index in [-0.39, 0.29) is 6.04 Å². The molecule has 1 atom stereocenters. The first-order chi connectivity index (χ1) is 10.2. The van der Waals surface area contributed by atoms with Crippen LogP contribution in [-0.2, 0) is 11.2 Å². The molecule has 0 saturated heterocycles. The molecule has 4 heteroatoms. The summed E-state index contributed by atoms with van der Waals surface area (Å²) in [6.07, 6.45) is 2.62. The molecule has 0 aromatic heterocycles. The van der Waals surface area contributed by atoms with E-state index in [0.29, 0.717) is 13.2 Å². The average Bonchev–Trinajstić information content (AvgIpc) is 2.49. The van der Waals surface area contributed by atoms with E-state index < -0.39 is 0 Å². The molecule has 0 bridgehead atoms. The van der Waals surface area contributed by atoms with Crippen molar-refractivity contribution in [3.05, 3.63) is 23.8 Å². The van der Waals surface area contributed by atoms with E-state index in [0.717, 1.165) is 49.5 Å². The van der Waals surface area contributed by atoms with Crippen LogP contribution in [0.2, 0.25) is 0 Å². The lowest BCUT2D eigenvalue weighted by Gasteiger charge is -2.18. The monoisotopic (exact) mass is 295 g/mol. The van der Waals surface area contributed by atoms with E-state index in [2.05, 4.69) is 13.0 Å². The lowest BCUT2D eigenvalue weighted by Crippen LogP contribution is -2.22. The molecular formula is C17H29NO3. The second-order valence-electron chi connectivity index (χ2n) is 4.95. The van der Waals surface area contributed by atoms with Crippen LogP contribution in [0.25, 0.3) is 0 Å². The van der Waals surface area contributed by atoms with Gasteiger partial charge in [-0.1, -0.05) is 19.1 Å². The molecule has 0 spiro atoms. The number of ether oxygens (including phenoxy) is 3. The van der Waals surface area contributed by atoms with Crippen molar-refractivity contribution in [3.8, 4) is 11.5 Å². The van der Waals surface area contributed by atoms with E-state index in [1.807, 2.05) is 26.0 Å². The van der Waals surface area contributed by atoms with Crippen molar-refractivity contribution >= 4 is 0 Å². The van der Waals surface area contributed by atoms with Gasteiger partial charge in [-0.2, -0.15) is 0 Å². The fourth-order valence-corrected chi connectivity index (χ4v) is 2.06. The molecule has 1 rings (SSSR count). The summed E-state index contributed by atoms with van der Waals surface area (Å²) in [4.78, 5) is 0. The highest BCUT2D eigenvalue weighted by Gasteiger charge is 2.13. The molecule has 2 N–H and O–H groups in total. The van der Waals surface area contributed by atoms with Gasteiger partial charge in [0.1, 0.15) is 0 Å². The molecular weight excluding hydrogens is 266 g/mol. The molecule has 0 radical (unpaired) electrons. The molecule has 0 aliphatic heterocycles. The summed E-state index contributed by atoms with van der Waals surface area (Å²) in [6.45, 7) is 8.78. The molecule has 21 heavy (non-hydrogen) atoms. The van der Waals surface area contributed by atoms with Gasteiger partial charge in [0.25, 0.3) is 0 Å². The first-order valence-electron chi connectivity index (χ1n) is 7.93. The summed E-state index contributed by atoms with van der Waals surface area (Å²) >= 11 is 0. The number of nitrogens with two attached hydrogens (primary N) is 1. The van der Waals surface area contributed by atoms with E-state index >= 15 is 0 Å². The van der Waals surface area contributed by atoms with Crippen molar-refractivity contribution in [3.63, 3.8) is 0 Å². The van der Waals surface area contributed by atoms with Crippen LogP contribution in [-0.4, -0.2) is 32.5 Å². The summed E-state index contributed by atoms with van der Waals surface area (Å²) in [5.74, 6) is 1.63. The van der Waals surface area contributed by atoms with Gasteiger partial charge in [0.05, 0.1) is 13.2 Å². The number of rotatable bonds is 11. The number of hydrogen-bond donors (Lipinski definition) is 1. The third-order valence-corrected chi connectivity index (χ3v) is 3.25. The topological polar surface area (TPSA) is 53.7 Å². The highest BCUT2D eigenvalue weighted by Crippen LogP contribution is 2.32. The molecule has 0 fully saturated rings. The van der Waals surface area contributed by atoms with Gasteiger partial charge in [0.2, 0.25) is 0 Å². The predicted molar refractivity (Wildman–Crippen MR) is 86.2 cm³/mol. The zero-order valence-electron chi connectivity index (χ0n) is 13.6. The van der Waals surface area contributed by atoms with Crippen molar-refractivity contribution in [2.24, 2.45) is 5.73 Å². The molecule has 0 saturated carbocycles. The van der Waals surface area contributed by atoms with Crippen molar-refractivity contribution < 1.29 is 14.2 Å². The molecule has 1 unspecified atom stereocenters. The molecule has 0 aliphatic carbocycles. The Kier molecular flexibility index (Phi) is 8.87. The molecule has 1 aromatic carbocycles. The highest BCUT2D eigenvalue weighted by molar-refractivity contribution is 5.47. The van der Waals surface area contributed by atoms with Gasteiger partial charge in [0.15, 0.2) is 11.5 Å². The molecule has 0 aliphatic rings. The zero-order valence-corrected chi connectivity index (χ0v) is 13.6. The maximum absolute atomic E-state index is 6.08. The van der Waals surface area contributed by atoms with E-state index in [1.54, 1.807) is 0 Å². The van der Waals surface area contributed by atoms with Gasteiger partial charge < -0.3 is 19.9 Å². The summed E-state index contributed by atoms with van der Waals surface area (Å²) in [5, 5.41) is 0. The number of para-hydroxylation sites is 1. The Morgan fingerprint density at radius 2 is 1.86 bits per heavy atom. The largest absolute Gasteiger partial charge is 0.490 e. The fourth-order valence-electron chi connectivity index (χ4n) is 2.06. The van der Waals surface area contributed by atoms with Crippen molar-refractivity contribution in [1.29, 1.82) is 0 Å². The van der Waals surface area contributed by atoms with Crippen LogP contribution in [0.15, 0.2) is 18.2 Å². The third kappa shape index (κ3) is 6.36. The Bertz CT molecular complexity index is 396. The van der Waals surface area contributed by atoms with Crippen LogP contribution in [0.4, 0.5) is 0 Å². The predicted octanol–water partition coefficient (Wildman–Crippen LogP) is 3.17.